The molecule has 2 aromatic rings. The Morgan fingerprint density at radius 1 is 1.09 bits per heavy atom. The zero-order valence-corrected chi connectivity index (χ0v) is 14.2. The average molecular weight is 312 g/mol. The van der Waals surface area contributed by atoms with Gasteiger partial charge in [0.1, 0.15) is 5.75 Å². The molecular formula is C20H24O3. The summed E-state index contributed by atoms with van der Waals surface area (Å²) in [7, 11) is 0. The second kappa shape index (κ2) is 7.32. The summed E-state index contributed by atoms with van der Waals surface area (Å²) in [6.07, 6.45) is -0.542. The SMILES string of the molecule is Cc1ccc(CC(Oc2ccccc2C(C)C)C(=O)O)cc1C. The quantitative estimate of drug-likeness (QED) is 0.854. The van der Waals surface area contributed by atoms with Crippen LogP contribution in [-0.4, -0.2) is 17.2 Å². The molecule has 0 saturated carbocycles. The Labute approximate surface area is 137 Å². The van der Waals surface area contributed by atoms with E-state index in [-0.39, 0.29) is 5.92 Å². The van der Waals surface area contributed by atoms with Crippen molar-refractivity contribution in [2.45, 2.75) is 46.1 Å². The van der Waals surface area contributed by atoms with Crippen molar-refractivity contribution >= 4 is 5.97 Å². The van der Waals surface area contributed by atoms with Crippen LogP contribution in [-0.2, 0) is 11.2 Å². The zero-order chi connectivity index (χ0) is 17.0. The van der Waals surface area contributed by atoms with E-state index in [2.05, 4.69) is 13.8 Å². The van der Waals surface area contributed by atoms with Crippen molar-refractivity contribution < 1.29 is 14.6 Å². The van der Waals surface area contributed by atoms with Gasteiger partial charge >= 0.3 is 5.97 Å². The number of hydrogen-bond donors (Lipinski definition) is 1. The highest BCUT2D eigenvalue weighted by atomic mass is 16.5. The van der Waals surface area contributed by atoms with E-state index in [4.69, 9.17) is 4.74 Å². The number of ether oxygens (including phenoxy) is 1. The zero-order valence-electron chi connectivity index (χ0n) is 14.2. The highest BCUT2D eigenvalue weighted by Crippen LogP contribution is 2.27. The third-order valence-corrected chi connectivity index (χ3v) is 4.08. The van der Waals surface area contributed by atoms with E-state index in [0.29, 0.717) is 12.2 Å². The number of carbonyl (C=O) groups is 1. The molecule has 3 nitrogen and oxygen atoms in total. The van der Waals surface area contributed by atoms with Crippen LogP contribution in [0.3, 0.4) is 0 Å². The van der Waals surface area contributed by atoms with E-state index >= 15 is 0 Å². The van der Waals surface area contributed by atoms with Crippen LogP contribution in [0.4, 0.5) is 0 Å². The standard InChI is InChI=1S/C20H24O3/c1-13(2)17-7-5-6-8-18(17)23-19(20(21)22)12-16-10-9-14(3)15(4)11-16/h5-11,13,19H,12H2,1-4H3,(H,21,22). The lowest BCUT2D eigenvalue weighted by Gasteiger charge is -2.19. The Morgan fingerprint density at radius 3 is 2.39 bits per heavy atom. The second-order valence-electron chi connectivity index (χ2n) is 6.26. The first-order valence-corrected chi connectivity index (χ1v) is 7.93. The second-order valence-corrected chi connectivity index (χ2v) is 6.26. The van der Waals surface area contributed by atoms with Crippen molar-refractivity contribution in [3.63, 3.8) is 0 Å². The van der Waals surface area contributed by atoms with Gasteiger partial charge < -0.3 is 9.84 Å². The fourth-order valence-corrected chi connectivity index (χ4v) is 2.54. The molecule has 0 fully saturated rings. The highest BCUT2D eigenvalue weighted by molar-refractivity contribution is 5.73. The van der Waals surface area contributed by atoms with E-state index < -0.39 is 12.1 Å². The van der Waals surface area contributed by atoms with E-state index in [1.54, 1.807) is 0 Å². The predicted octanol–water partition coefficient (Wildman–Crippen LogP) is 4.50. The van der Waals surface area contributed by atoms with Gasteiger partial charge in [0, 0.05) is 6.42 Å². The maximum atomic E-state index is 11.6. The third-order valence-electron chi connectivity index (χ3n) is 4.08. The number of hydrogen-bond acceptors (Lipinski definition) is 2. The van der Waals surface area contributed by atoms with Crippen LogP contribution in [0.15, 0.2) is 42.5 Å². The van der Waals surface area contributed by atoms with Crippen molar-refractivity contribution in [2.24, 2.45) is 0 Å². The first kappa shape index (κ1) is 17.1. The Bertz CT molecular complexity index is 689. The molecular weight excluding hydrogens is 288 g/mol. The van der Waals surface area contributed by atoms with Crippen molar-refractivity contribution in [3.8, 4) is 5.75 Å². The summed E-state index contributed by atoms with van der Waals surface area (Å²) in [5.41, 5.74) is 4.36. The molecule has 1 atom stereocenters. The van der Waals surface area contributed by atoms with Crippen molar-refractivity contribution in [3.05, 3.63) is 64.7 Å². The molecule has 0 aromatic heterocycles. The van der Waals surface area contributed by atoms with E-state index in [0.717, 1.165) is 16.7 Å². The highest BCUT2D eigenvalue weighted by Gasteiger charge is 2.22. The number of carboxylic acid groups (broad SMARTS) is 1. The molecule has 2 aromatic carbocycles. The summed E-state index contributed by atoms with van der Waals surface area (Å²) >= 11 is 0. The maximum Gasteiger partial charge on any atom is 0.345 e. The van der Waals surface area contributed by atoms with Gasteiger partial charge in [0.05, 0.1) is 0 Å². The molecule has 0 amide bonds. The number of aryl methyl sites for hydroxylation is 2. The number of carboxylic acids is 1. The molecule has 0 saturated heterocycles. The molecule has 0 spiro atoms. The lowest BCUT2D eigenvalue weighted by Crippen LogP contribution is -2.29. The molecule has 3 heteroatoms. The van der Waals surface area contributed by atoms with Gasteiger partial charge in [-0.25, -0.2) is 4.79 Å². The number of benzene rings is 2. The fourth-order valence-electron chi connectivity index (χ4n) is 2.54. The first-order chi connectivity index (χ1) is 10.9. The van der Waals surface area contributed by atoms with E-state index in [1.807, 2.05) is 56.3 Å². The number of rotatable bonds is 6. The van der Waals surface area contributed by atoms with Gasteiger partial charge in [0.25, 0.3) is 0 Å². The monoisotopic (exact) mass is 312 g/mol. The predicted molar refractivity (Wildman–Crippen MR) is 92.2 cm³/mol. The number of aliphatic carboxylic acids is 1. The Hall–Kier alpha value is -2.29. The largest absolute Gasteiger partial charge is 0.478 e. The van der Waals surface area contributed by atoms with E-state index in [1.165, 1.54) is 5.56 Å². The molecule has 2 rings (SSSR count). The topological polar surface area (TPSA) is 46.5 Å². The summed E-state index contributed by atoms with van der Waals surface area (Å²) in [5.74, 6) is -0.0113. The molecule has 0 bridgehead atoms. The minimum Gasteiger partial charge on any atom is -0.478 e. The summed E-state index contributed by atoms with van der Waals surface area (Å²) in [6, 6.07) is 13.7. The van der Waals surface area contributed by atoms with Crippen molar-refractivity contribution in [1.82, 2.24) is 0 Å². The molecule has 0 radical (unpaired) electrons. The Morgan fingerprint density at radius 2 is 1.78 bits per heavy atom. The average Bonchev–Trinajstić information content (AvgIpc) is 2.50. The Balaban J connectivity index is 2.23. The minimum atomic E-state index is -0.943. The van der Waals surface area contributed by atoms with Gasteiger partial charge in [-0.1, -0.05) is 50.2 Å². The molecule has 23 heavy (non-hydrogen) atoms. The van der Waals surface area contributed by atoms with Crippen LogP contribution in [0.25, 0.3) is 0 Å². The third kappa shape index (κ3) is 4.35. The molecule has 122 valence electrons. The summed E-state index contributed by atoms with van der Waals surface area (Å²) in [4.78, 5) is 11.6. The van der Waals surface area contributed by atoms with E-state index in [9.17, 15) is 9.90 Å². The van der Waals surface area contributed by atoms with Gasteiger partial charge in [-0.05, 0) is 48.1 Å². The molecule has 0 aliphatic carbocycles. The van der Waals surface area contributed by atoms with Gasteiger partial charge in [-0.3, -0.25) is 0 Å². The molecule has 0 aliphatic rings. The van der Waals surface area contributed by atoms with Gasteiger partial charge in [-0.2, -0.15) is 0 Å². The first-order valence-electron chi connectivity index (χ1n) is 7.93. The summed E-state index contributed by atoms with van der Waals surface area (Å²) < 4.78 is 5.84. The normalized spacial score (nSPS) is 12.2. The molecule has 0 aliphatic heterocycles. The Kier molecular flexibility index (Phi) is 5.43. The van der Waals surface area contributed by atoms with Crippen LogP contribution < -0.4 is 4.74 Å². The fraction of sp³-hybridized carbons (Fsp3) is 0.350. The smallest absolute Gasteiger partial charge is 0.345 e. The van der Waals surface area contributed by atoms with Gasteiger partial charge in [0.2, 0.25) is 0 Å². The van der Waals surface area contributed by atoms with Crippen LogP contribution in [0.2, 0.25) is 0 Å². The lowest BCUT2D eigenvalue weighted by molar-refractivity contribution is -0.145. The minimum absolute atomic E-state index is 0.280. The summed E-state index contributed by atoms with van der Waals surface area (Å²) in [5, 5.41) is 9.52. The van der Waals surface area contributed by atoms with Crippen LogP contribution in [0, 0.1) is 13.8 Å². The molecule has 1 unspecified atom stereocenters. The van der Waals surface area contributed by atoms with Gasteiger partial charge in [-0.15, -0.1) is 0 Å². The molecule has 0 heterocycles. The van der Waals surface area contributed by atoms with Crippen molar-refractivity contribution in [2.75, 3.05) is 0 Å². The maximum absolute atomic E-state index is 11.6. The summed E-state index contributed by atoms with van der Waals surface area (Å²) in [6.45, 7) is 8.22. The van der Waals surface area contributed by atoms with Gasteiger partial charge in [0.15, 0.2) is 6.10 Å². The van der Waals surface area contributed by atoms with Crippen LogP contribution >= 0.6 is 0 Å². The lowest BCUT2D eigenvalue weighted by atomic mass is 10.0. The molecule has 1 N–H and O–H groups in total. The number of para-hydroxylation sites is 1. The van der Waals surface area contributed by atoms with Crippen LogP contribution in [0.1, 0.15) is 42.0 Å². The van der Waals surface area contributed by atoms with Crippen LogP contribution in [0.5, 0.6) is 5.75 Å². The van der Waals surface area contributed by atoms with Crippen molar-refractivity contribution in [1.29, 1.82) is 0 Å².